The maximum atomic E-state index is 12.5. The smallest absolute Gasteiger partial charge is 0.410 e. The number of quaternary nitrogens is 1. The molecule has 0 radical (unpaired) electrons. The summed E-state index contributed by atoms with van der Waals surface area (Å²) in [7, 11) is 0. The number of ether oxygens (including phenoxy) is 1. The molecule has 1 fully saturated rings. The number of aromatic nitrogens is 1. The van der Waals surface area contributed by atoms with Crippen LogP contribution in [0.15, 0.2) is 54.9 Å². The summed E-state index contributed by atoms with van der Waals surface area (Å²) >= 11 is 0. The minimum absolute atomic E-state index is 0.0493. The van der Waals surface area contributed by atoms with Crippen LogP contribution in [0, 0.1) is 5.21 Å². The van der Waals surface area contributed by atoms with Crippen molar-refractivity contribution in [2.45, 2.75) is 31.9 Å². The lowest BCUT2D eigenvalue weighted by atomic mass is 10.0. The second-order valence-corrected chi connectivity index (χ2v) is 6.67. The number of benzene rings is 1. The van der Waals surface area contributed by atoms with Crippen LogP contribution >= 0.6 is 0 Å². The first-order chi connectivity index (χ1) is 12.7. The van der Waals surface area contributed by atoms with E-state index in [4.69, 9.17) is 4.74 Å². The third-order valence-corrected chi connectivity index (χ3v) is 4.96. The highest BCUT2D eigenvalue weighted by molar-refractivity contribution is 5.75. The maximum Gasteiger partial charge on any atom is 0.410 e. The molecule has 2 aliphatic rings. The molecule has 1 amide bonds. The average molecular weight is 351 g/mol. The van der Waals surface area contributed by atoms with Crippen molar-refractivity contribution < 1.29 is 14.6 Å². The molecule has 2 atom stereocenters. The van der Waals surface area contributed by atoms with Gasteiger partial charge in [-0.2, -0.15) is 0 Å². The van der Waals surface area contributed by atoms with Gasteiger partial charge in [-0.3, -0.25) is 5.06 Å². The largest absolute Gasteiger partial charge is 0.623 e. The van der Waals surface area contributed by atoms with E-state index >= 15 is 0 Å². The van der Waals surface area contributed by atoms with Gasteiger partial charge in [0.1, 0.15) is 12.8 Å². The van der Waals surface area contributed by atoms with Crippen LogP contribution in [0.3, 0.4) is 0 Å². The molecule has 1 N–H and O–H groups in total. The van der Waals surface area contributed by atoms with Crippen LogP contribution in [0.5, 0.6) is 0 Å². The summed E-state index contributed by atoms with van der Waals surface area (Å²) in [6.07, 6.45) is 5.53. The molecular formula is C20H21N3O3. The van der Waals surface area contributed by atoms with E-state index in [1.165, 1.54) is 0 Å². The van der Waals surface area contributed by atoms with Gasteiger partial charge in [-0.15, -0.1) is 0 Å². The predicted octanol–water partition coefficient (Wildman–Crippen LogP) is 2.64. The second-order valence-electron chi connectivity index (χ2n) is 6.67. The molecule has 0 aliphatic carbocycles. The number of hydrogen-bond acceptors (Lipinski definition) is 4. The zero-order valence-electron chi connectivity index (χ0n) is 14.4. The number of pyridine rings is 1. The lowest BCUT2D eigenvalue weighted by Gasteiger charge is -2.24. The third-order valence-electron chi connectivity index (χ3n) is 4.96. The zero-order chi connectivity index (χ0) is 17.9. The highest BCUT2D eigenvalue weighted by atomic mass is 16.6. The molecule has 3 heterocycles. The average Bonchev–Trinajstić information content (AvgIpc) is 3.26. The van der Waals surface area contributed by atoms with Crippen molar-refractivity contribution in [3.05, 3.63) is 71.2 Å². The molecule has 2 aliphatic heterocycles. The van der Waals surface area contributed by atoms with E-state index in [2.05, 4.69) is 4.98 Å². The normalized spacial score (nSPS) is 21.4. The van der Waals surface area contributed by atoms with Crippen LogP contribution in [0.25, 0.3) is 5.57 Å². The van der Waals surface area contributed by atoms with Crippen molar-refractivity contribution in [2.24, 2.45) is 0 Å². The Balaban J connectivity index is 1.41. The number of hydroxylamine groups is 1. The number of nitrogens with zero attached hydrogens (tertiary/aromatic N) is 2. The first-order valence-corrected chi connectivity index (χ1v) is 8.90. The Morgan fingerprint density at radius 3 is 2.96 bits per heavy atom. The number of amides is 1. The lowest BCUT2D eigenvalue weighted by Crippen LogP contribution is -2.96. The second kappa shape index (κ2) is 7.27. The molecule has 2 unspecified atom stereocenters. The van der Waals surface area contributed by atoms with E-state index in [0.29, 0.717) is 18.8 Å². The third kappa shape index (κ3) is 3.34. The van der Waals surface area contributed by atoms with Gasteiger partial charge in [-0.1, -0.05) is 30.3 Å². The molecule has 0 saturated carbocycles. The first kappa shape index (κ1) is 16.8. The van der Waals surface area contributed by atoms with Crippen LogP contribution in [0.2, 0.25) is 0 Å². The van der Waals surface area contributed by atoms with Gasteiger partial charge >= 0.3 is 6.09 Å². The number of carbonyl (C=O) groups is 1. The minimum atomic E-state index is -0.285. The number of hydrogen-bond donors (Lipinski definition) is 1. The molecule has 0 bridgehead atoms. The van der Waals surface area contributed by atoms with Gasteiger partial charge in [0, 0.05) is 24.4 Å². The molecule has 134 valence electrons. The van der Waals surface area contributed by atoms with Gasteiger partial charge in [-0.25, -0.2) is 9.78 Å². The molecule has 6 heteroatoms. The van der Waals surface area contributed by atoms with Crippen LogP contribution in [-0.4, -0.2) is 28.6 Å². The van der Waals surface area contributed by atoms with E-state index in [1.54, 1.807) is 17.3 Å². The SMILES string of the molecule is O=C(OCc1ccccc1)N1CCCC1CC1=C[NH+]([O-])c2ncccc21. The zero-order valence-corrected chi connectivity index (χ0v) is 14.4. The molecule has 1 saturated heterocycles. The Labute approximate surface area is 152 Å². The topological polar surface area (TPSA) is 69.9 Å². The summed E-state index contributed by atoms with van der Waals surface area (Å²) in [5.74, 6) is 0.513. The van der Waals surface area contributed by atoms with Crippen LogP contribution in [0.4, 0.5) is 10.6 Å². The van der Waals surface area contributed by atoms with Crippen molar-refractivity contribution in [3.8, 4) is 0 Å². The van der Waals surface area contributed by atoms with Crippen molar-refractivity contribution in [1.29, 1.82) is 0 Å². The Kier molecular flexibility index (Phi) is 4.69. The number of carbonyl (C=O) groups excluding carboxylic acids is 1. The number of rotatable bonds is 4. The van der Waals surface area contributed by atoms with Crippen LogP contribution in [0.1, 0.15) is 30.4 Å². The van der Waals surface area contributed by atoms with Crippen molar-refractivity contribution in [2.75, 3.05) is 6.54 Å². The van der Waals surface area contributed by atoms with E-state index in [-0.39, 0.29) is 23.8 Å². The fraction of sp³-hybridized carbons (Fsp3) is 0.300. The van der Waals surface area contributed by atoms with Gasteiger partial charge in [0.25, 0.3) is 0 Å². The molecule has 4 rings (SSSR count). The highest BCUT2D eigenvalue weighted by Crippen LogP contribution is 2.32. The van der Waals surface area contributed by atoms with Gasteiger partial charge in [0.15, 0.2) is 0 Å². The van der Waals surface area contributed by atoms with Gasteiger partial charge < -0.3 is 14.8 Å². The quantitative estimate of drug-likeness (QED) is 0.860. The molecular weight excluding hydrogens is 330 g/mol. The van der Waals surface area contributed by atoms with Crippen LogP contribution < -0.4 is 5.06 Å². The Morgan fingerprint density at radius 2 is 2.12 bits per heavy atom. The molecule has 2 aromatic rings. The number of fused-ring (bicyclic) bond motifs is 1. The molecule has 0 spiro atoms. The summed E-state index contributed by atoms with van der Waals surface area (Å²) in [6, 6.07) is 13.5. The Morgan fingerprint density at radius 1 is 1.27 bits per heavy atom. The summed E-state index contributed by atoms with van der Waals surface area (Å²) < 4.78 is 5.49. The lowest BCUT2D eigenvalue weighted by molar-refractivity contribution is -0.713. The first-order valence-electron chi connectivity index (χ1n) is 8.90. The number of likely N-dealkylation sites (tertiary alicyclic amines) is 1. The van der Waals surface area contributed by atoms with Crippen molar-refractivity contribution in [1.82, 2.24) is 9.88 Å². The van der Waals surface area contributed by atoms with Crippen molar-refractivity contribution in [3.63, 3.8) is 0 Å². The molecule has 6 nitrogen and oxygen atoms in total. The Bertz CT molecular complexity index is 822. The minimum Gasteiger partial charge on any atom is -0.623 e. The van der Waals surface area contributed by atoms with E-state index < -0.39 is 0 Å². The van der Waals surface area contributed by atoms with Crippen molar-refractivity contribution >= 4 is 17.5 Å². The number of nitrogens with one attached hydrogen (secondary N) is 1. The molecule has 1 aromatic carbocycles. The van der Waals surface area contributed by atoms with Gasteiger partial charge in [0.2, 0.25) is 5.82 Å². The van der Waals surface area contributed by atoms with E-state index in [9.17, 15) is 10.0 Å². The monoisotopic (exact) mass is 351 g/mol. The summed E-state index contributed by atoms with van der Waals surface area (Å²) in [6.45, 7) is 0.968. The van der Waals surface area contributed by atoms with Gasteiger partial charge in [-0.05, 0) is 37.0 Å². The van der Waals surface area contributed by atoms with E-state index in [0.717, 1.165) is 29.5 Å². The molecule has 26 heavy (non-hydrogen) atoms. The summed E-state index contributed by atoms with van der Waals surface area (Å²) in [5, 5.41) is 12.0. The maximum absolute atomic E-state index is 12.5. The standard InChI is InChI=1S/C20H21N3O3/c24-20(26-14-15-6-2-1-3-7-15)22-11-5-8-17(22)12-16-13-23(25)19-18(16)9-4-10-21-19/h1-4,6-7,9-10,13,17,23H,5,8,11-12,14H2. The fourth-order valence-electron chi connectivity index (χ4n) is 3.68. The molecule has 1 aromatic heterocycles. The summed E-state index contributed by atoms with van der Waals surface area (Å²) in [4.78, 5) is 18.5. The van der Waals surface area contributed by atoms with E-state index in [1.807, 2.05) is 42.5 Å². The fourth-order valence-corrected chi connectivity index (χ4v) is 3.68. The summed E-state index contributed by atoms with van der Waals surface area (Å²) in [5.41, 5.74) is 2.83. The van der Waals surface area contributed by atoms with Gasteiger partial charge in [0.05, 0.1) is 5.56 Å². The van der Waals surface area contributed by atoms with Crippen LogP contribution in [-0.2, 0) is 11.3 Å². The Hall–Kier alpha value is -2.70. The predicted molar refractivity (Wildman–Crippen MR) is 97.2 cm³/mol. The highest BCUT2D eigenvalue weighted by Gasteiger charge is 2.33.